The number of aromatic nitrogens is 1. The smallest absolute Gasteiger partial charge is 0.168 e. The first-order valence-corrected chi connectivity index (χ1v) is 14.8. The van der Waals surface area contributed by atoms with Crippen molar-refractivity contribution in [3.63, 3.8) is 0 Å². The van der Waals surface area contributed by atoms with E-state index in [1.807, 2.05) is 19.4 Å². The van der Waals surface area contributed by atoms with Crippen molar-refractivity contribution in [1.29, 1.82) is 0 Å². The zero-order chi connectivity index (χ0) is 24.7. The van der Waals surface area contributed by atoms with Gasteiger partial charge in [0.25, 0.3) is 0 Å². The lowest BCUT2D eigenvalue weighted by atomic mass is 9.90. The number of hydrogen-bond acceptors (Lipinski definition) is 2. The fraction of sp³-hybridized carbons (Fsp3) is 0.0606. The van der Waals surface area contributed by atoms with E-state index in [0.29, 0.717) is 0 Å². The molecule has 6 aromatic rings. The second kappa shape index (κ2) is 8.99. The van der Waals surface area contributed by atoms with Crippen LogP contribution in [-0.4, -0.2) is 23.2 Å². The molecule has 0 radical (unpaired) electrons. The molecule has 0 aliphatic heterocycles. The Morgan fingerprint density at radius 1 is 0.583 bits per heavy atom. The van der Waals surface area contributed by atoms with Gasteiger partial charge in [-0.2, -0.15) is 0 Å². The van der Waals surface area contributed by atoms with Crippen LogP contribution in [0.15, 0.2) is 121 Å². The molecule has 0 aliphatic rings. The summed E-state index contributed by atoms with van der Waals surface area (Å²) in [5, 5.41) is 4.54. The highest BCUT2D eigenvalue weighted by Crippen LogP contribution is 2.45. The molecule has 0 aliphatic carbocycles. The molecule has 174 valence electrons. The van der Waals surface area contributed by atoms with E-state index in [1.165, 1.54) is 21.9 Å². The van der Waals surface area contributed by atoms with Gasteiger partial charge >= 0.3 is 0 Å². The van der Waals surface area contributed by atoms with E-state index in [0.717, 1.165) is 38.6 Å². The summed E-state index contributed by atoms with van der Waals surface area (Å²) >= 11 is 0. The molecule has 0 fully saturated rings. The van der Waals surface area contributed by atoms with Crippen molar-refractivity contribution >= 4 is 34.5 Å². The molecule has 2 nitrogen and oxygen atoms in total. The highest BCUT2D eigenvalue weighted by atomic mass is 31.2. The molecule has 5 aromatic carbocycles. The van der Waals surface area contributed by atoms with Crippen molar-refractivity contribution in [3.8, 4) is 33.5 Å². The summed E-state index contributed by atoms with van der Waals surface area (Å²) in [5.41, 5.74) is 7.58. The minimum atomic E-state index is -2.08. The third-order valence-corrected chi connectivity index (χ3v) is 8.33. The first-order valence-electron chi connectivity index (χ1n) is 12.1. The molecule has 1 N–H and O–H groups in total. The monoisotopic (exact) mass is 484 g/mol. The van der Waals surface area contributed by atoms with Gasteiger partial charge in [0.05, 0.1) is 24.5 Å². The Kier molecular flexibility index (Phi) is 5.64. The van der Waals surface area contributed by atoms with Crippen LogP contribution in [0.25, 0.3) is 55.2 Å². The van der Waals surface area contributed by atoms with Crippen molar-refractivity contribution in [1.82, 2.24) is 4.98 Å². The predicted molar refractivity (Wildman–Crippen MR) is 156 cm³/mol. The SMILES string of the molecule is C[P+](C)(O)c1ccc(-c2cc3ccccc3c3c(-c4ccccc4)cc(-c4ccccc4)nc23)cc1. The van der Waals surface area contributed by atoms with Crippen molar-refractivity contribution in [2.24, 2.45) is 0 Å². The Labute approximate surface area is 212 Å². The summed E-state index contributed by atoms with van der Waals surface area (Å²) in [5.74, 6) is 0. The van der Waals surface area contributed by atoms with Crippen LogP contribution >= 0.6 is 7.49 Å². The summed E-state index contributed by atoms with van der Waals surface area (Å²) in [7, 11) is -2.08. The van der Waals surface area contributed by atoms with Crippen LogP contribution in [-0.2, 0) is 0 Å². The summed E-state index contributed by atoms with van der Waals surface area (Å²) in [6.07, 6.45) is 0. The zero-order valence-corrected chi connectivity index (χ0v) is 21.3. The lowest BCUT2D eigenvalue weighted by Gasteiger charge is -2.17. The van der Waals surface area contributed by atoms with Crippen LogP contribution in [0.1, 0.15) is 0 Å². The lowest BCUT2D eigenvalue weighted by molar-refractivity contribution is 0.625. The maximum absolute atomic E-state index is 10.6. The van der Waals surface area contributed by atoms with Crippen LogP contribution in [0.4, 0.5) is 0 Å². The number of benzene rings is 5. The second-order valence-corrected chi connectivity index (χ2v) is 12.9. The predicted octanol–water partition coefficient (Wildman–Crippen LogP) is 8.20. The third-order valence-electron chi connectivity index (χ3n) is 6.77. The van der Waals surface area contributed by atoms with Crippen LogP contribution in [0.3, 0.4) is 0 Å². The maximum atomic E-state index is 10.6. The van der Waals surface area contributed by atoms with Crippen LogP contribution in [0.2, 0.25) is 0 Å². The van der Waals surface area contributed by atoms with Gasteiger partial charge in [0.15, 0.2) is 7.49 Å². The first kappa shape index (κ1) is 22.6. The average molecular weight is 485 g/mol. The molecular weight excluding hydrogens is 457 g/mol. The third kappa shape index (κ3) is 4.09. The zero-order valence-electron chi connectivity index (χ0n) is 20.4. The maximum Gasteiger partial charge on any atom is 0.168 e. The van der Waals surface area contributed by atoms with E-state index in [-0.39, 0.29) is 0 Å². The van der Waals surface area contributed by atoms with Crippen molar-refractivity contribution in [3.05, 3.63) is 121 Å². The van der Waals surface area contributed by atoms with Crippen molar-refractivity contribution in [2.45, 2.75) is 0 Å². The van der Waals surface area contributed by atoms with Gasteiger partial charge in [-0.15, -0.1) is 0 Å². The van der Waals surface area contributed by atoms with Crippen molar-refractivity contribution < 1.29 is 4.89 Å². The highest BCUT2D eigenvalue weighted by molar-refractivity contribution is 7.76. The molecule has 0 spiro atoms. The molecule has 0 atom stereocenters. The lowest BCUT2D eigenvalue weighted by Crippen LogP contribution is -2.07. The first-order chi connectivity index (χ1) is 17.5. The van der Waals surface area contributed by atoms with E-state index < -0.39 is 7.49 Å². The Hall–Kier alpha value is -3.84. The Bertz CT molecular complexity index is 1690. The van der Waals surface area contributed by atoms with Gasteiger partial charge in [-0.25, -0.2) is 9.88 Å². The summed E-state index contributed by atoms with van der Waals surface area (Å²) in [6.45, 7) is 3.85. The topological polar surface area (TPSA) is 33.1 Å². The normalized spacial score (nSPS) is 11.8. The molecule has 0 unspecified atom stereocenters. The fourth-order valence-corrected chi connectivity index (χ4v) is 5.79. The van der Waals surface area contributed by atoms with Gasteiger partial charge in [-0.1, -0.05) is 97.1 Å². The van der Waals surface area contributed by atoms with Gasteiger partial charge in [0, 0.05) is 16.5 Å². The molecule has 0 amide bonds. The number of fused-ring (bicyclic) bond motifs is 3. The molecule has 1 aromatic heterocycles. The van der Waals surface area contributed by atoms with Gasteiger partial charge in [-0.3, -0.25) is 0 Å². The minimum Gasteiger partial charge on any atom is -0.247 e. The molecule has 0 bridgehead atoms. The van der Waals surface area contributed by atoms with E-state index in [1.54, 1.807) is 0 Å². The molecule has 0 saturated carbocycles. The number of pyridine rings is 1. The number of hydrogen-bond donors (Lipinski definition) is 1. The van der Waals surface area contributed by atoms with Crippen molar-refractivity contribution in [2.75, 3.05) is 13.3 Å². The van der Waals surface area contributed by atoms with E-state index in [9.17, 15) is 4.89 Å². The Morgan fingerprint density at radius 2 is 1.17 bits per heavy atom. The summed E-state index contributed by atoms with van der Waals surface area (Å²) in [6, 6.07) is 42.4. The number of rotatable bonds is 4. The number of nitrogens with zero attached hydrogens (tertiary/aromatic N) is 1. The second-order valence-electron chi connectivity index (χ2n) is 9.60. The average Bonchev–Trinajstić information content (AvgIpc) is 2.92. The Balaban J connectivity index is 1.73. The van der Waals surface area contributed by atoms with Crippen LogP contribution in [0.5, 0.6) is 0 Å². The van der Waals surface area contributed by atoms with Gasteiger partial charge < -0.3 is 0 Å². The molecule has 3 heteroatoms. The van der Waals surface area contributed by atoms with Crippen LogP contribution < -0.4 is 5.30 Å². The molecule has 6 rings (SSSR count). The van der Waals surface area contributed by atoms with Crippen LogP contribution in [0, 0.1) is 0 Å². The molecular formula is C33H27NOP+. The highest BCUT2D eigenvalue weighted by Gasteiger charge is 2.25. The summed E-state index contributed by atoms with van der Waals surface area (Å²) < 4.78 is 0. The van der Waals surface area contributed by atoms with Gasteiger partial charge in [0.2, 0.25) is 0 Å². The molecule has 36 heavy (non-hydrogen) atoms. The van der Waals surface area contributed by atoms with Gasteiger partial charge in [-0.05, 0) is 51.7 Å². The quantitative estimate of drug-likeness (QED) is 0.202. The van der Waals surface area contributed by atoms with Gasteiger partial charge in [0.1, 0.15) is 5.30 Å². The van der Waals surface area contributed by atoms with E-state index >= 15 is 0 Å². The standard InChI is InChI=1S/C33H27NOP/c1-36(2,35)27-19-17-24(18-20-27)30-21-26-15-9-10-16-28(26)32-29(23-11-5-3-6-12-23)22-31(34-33(30)32)25-13-7-4-8-14-25/h3-22,35H,1-2H3/q+1. The summed E-state index contributed by atoms with van der Waals surface area (Å²) in [4.78, 5) is 15.9. The molecule has 1 heterocycles. The molecule has 0 saturated heterocycles. The minimum absolute atomic E-state index is 0.956. The van der Waals surface area contributed by atoms with E-state index in [4.69, 9.17) is 4.98 Å². The largest absolute Gasteiger partial charge is 0.247 e. The van der Waals surface area contributed by atoms with E-state index in [2.05, 4.69) is 115 Å². The fourth-order valence-electron chi connectivity index (χ4n) is 4.92. The Morgan fingerprint density at radius 3 is 1.83 bits per heavy atom.